The van der Waals surface area contributed by atoms with Gasteiger partial charge in [-0.3, -0.25) is 14.6 Å². The minimum Gasteiger partial charge on any atom is -0.352 e. The Balaban J connectivity index is 2.65. The molecule has 1 aromatic rings. The molecule has 1 unspecified atom stereocenters. The van der Waals surface area contributed by atoms with Crippen molar-refractivity contribution in [2.45, 2.75) is 32.9 Å². The van der Waals surface area contributed by atoms with Crippen molar-refractivity contribution in [3.8, 4) is 0 Å². The number of amides is 2. The molecule has 0 saturated heterocycles. The molecule has 2 amide bonds. The van der Waals surface area contributed by atoms with E-state index in [4.69, 9.17) is 5.84 Å². The van der Waals surface area contributed by atoms with Crippen LogP contribution in [0.5, 0.6) is 0 Å². The summed E-state index contributed by atoms with van der Waals surface area (Å²) in [6.45, 7) is 5.27. The SMILES string of the molecule is CC(C)NC(=O)C(C)NC(=O)c1cncc(NN)n1. The largest absolute Gasteiger partial charge is 0.352 e. The fraction of sp³-hybridized carbons (Fsp3) is 0.455. The van der Waals surface area contributed by atoms with Crippen molar-refractivity contribution in [1.29, 1.82) is 0 Å². The number of nitrogens with zero attached hydrogens (tertiary/aromatic N) is 2. The molecule has 1 atom stereocenters. The van der Waals surface area contributed by atoms with Crippen LogP contribution in [0, 0.1) is 0 Å². The molecule has 0 radical (unpaired) electrons. The first-order valence-corrected chi connectivity index (χ1v) is 5.84. The van der Waals surface area contributed by atoms with Gasteiger partial charge in [0.05, 0.1) is 12.4 Å². The van der Waals surface area contributed by atoms with E-state index < -0.39 is 11.9 Å². The van der Waals surface area contributed by atoms with Crippen molar-refractivity contribution in [3.05, 3.63) is 18.1 Å². The van der Waals surface area contributed by atoms with Gasteiger partial charge in [-0.15, -0.1) is 0 Å². The molecule has 19 heavy (non-hydrogen) atoms. The van der Waals surface area contributed by atoms with Crippen LogP contribution in [-0.4, -0.2) is 33.9 Å². The molecule has 0 aliphatic carbocycles. The van der Waals surface area contributed by atoms with Gasteiger partial charge in [0.15, 0.2) is 5.82 Å². The van der Waals surface area contributed by atoms with E-state index in [9.17, 15) is 9.59 Å². The highest BCUT2D eigenvalue weighted by Crippen LogP contribution is 2.00. The van der Waals surface area contributed by atoms with Crippen molar-refractivity contribution in [1.82, 2.24) is 20.6 Å². The van der Waals surface area contributed by atoms with E-state index in [-0.39, 0.29) is 23.5 Å². The Labute approximate surface area is 111 Å². The molecule has 0 spiro atoms. The third-order valence-corrected chi connectivity index (χ3v) is 2.19. The van der Waals surface area contributed by atoms with Gasteiger partial charge in [0.1, 0.15) is 11.7 Å². The van der Waals surface area contributed by atoms with Crippen LogP contribution in [0.2, 0.25) is 0 Å². The molecular formula is C11H18N6O2. The maximum Gasteiger partial charge on any atom is 0.272 e. The van der Waals surface area contributed by atoms with E-state index in [0.717, 1.165) is 0 Å². The summed E-state index contributed by atoms with van der Waals surface area (Å²) in [6, 6.07) is -0.650. The quantitative estimate of drug-likeness (QED) is 0.417. The van der Waals surface area contributed by atoms with Gasteiger partial charge < -0.3 is 16.1 Å². The van der Waals surface area contributed by atoms with E-state index in [1.165, 1.54) is 12.4 Å². The van der Waals surface area contributed by atoms with E-state index >= 15 is 0 Å². The summed E-state index contributed by atoms with van der Waals surface area (Å²) in [5.74, 6) is 4.70. The number of anilines is 1. The zero-order chi connectivity index (χ0) is 14.4. The van der Waals surface area contributed by atoms with Crippen LogP contribution in [-0.2, 0) is 4.79 Å². The molecule has 5 N–H and O–H groups in total. The minimum atomic E-state index is -0.661. The number of nitrogen functional groups attached to an aromatic ring is 1. The molecule has 0 aliphatic rings. The third kappa shape index (κ3) is 4.51. The first-order chi connectivity index (χ1) is 8.93. The molecule has 0 fully saturated rings. The summed E-state index contributed by atoms with van der Waals surface area (Å²) in [6.07, 6.45) is 2.68. The van der Waals surface area contributed by atoms with E-state index in [2.05, 4.69) is 26.0 Å². The summed E-state index contributed by atoms with van der Waals surface area (Å²) < 4.78 is 0. The molecule has 8 nitrogen and oxygen atoms in total. The Hall–Kier alpha value is -2.22. The highest BCUT2D eigenvalue weighted by atomic mass is 16.2. The number of hydrazine groups is 1. The lowest BCUT2D eigenvalue weighted by Crippen LogP contribution is -2.47. The molecule has 0 aromatic carbocycles. The van der Waals surface area contributed by atoms with E-state index in [1.807, 2.05) is 13.8 Å². The molecular weight excluding hydrogens is 248 g/mol. The average molecular weight is 266 g/mol. The summed E-state index contributed by atoms with van der Waals surface area (Å²) >= 11 is 0. The molecule has 0 aliphatic heterocycles. The van der Waals surface area contributed by atoms with E-state index in [0.29, 0.717) is 0 Å². The number of hydrogen-bond donors (Lipinski definition) is 4. The van der Waals surface area contributed by atoms with Gasteiger partial charge in [0, 0.05) is 6.04 Å². The van der Waals surface area contributed by atoms with Crippen LogP contribution in [0.4, 0.5) is 5.82 Å². The van der Waals surface area contributed by atoms with Crippen LogP contribution in [0.3, 0.4) is 0 Å². The third-order valence-electron chi connectivity index (χ3n) is 2.19. The van der Waals surface area contributed by atoms with Crippen LogP contribution >= 0.6 is 0 Å². The van der Waals surface area contributed by atoms with Gasteiger partial charge in [0.2, 0.25) is 5.91 Å². The smallest absolute Gasteiger partial charge is 0.272 e. The van der Waals surface area contributed by atoms with Gasteiger partial charge in [-0.05, 0) is 20.8 Å². The van der Waals surface area contributed by atoms with Crippen LogP contribution in [0.1, 0.15) is 31.3 Å². The molecule has 0 bridgehead atoms. The lowest BCUT2D eigenvalue weighted by Gasteiger charge is -2.15. The second-order valence-electron chi connectivity index (χ2n) is 4.29. The first-order valence-electron chi connectivity index (χ1n) is 5.84. The van der Waals surface area contributed by atoms with Crippen molar-refractivity contribution < 1.29 is 9.59 Å². The Morgan fingerprint density at radius 3 is 2.47 bits per heavy atom. The molecule has 104 valence electrons. The summed E-state index contributed by atoms with van der Waals surface area (Å²) in [5, 5.41) is 5.23. The summed E-state index contributed by atoms with van der Waals surface area (Å²) in [4.78, 5) is 31.2. The molecule has 8 heteroatoms. The second-order valence-corrected chi connectivity index (χ2v) is 4.29. The van der Waals surface area contributed by atoms with E-state index in [1.54, 1.807) is 6.92 Å². The zero-order valence-corrected chi connectivity index (χ0v) is 11.1. The predicted molar refractivity (Wildman–Crippen MR) is 70.0 cm³/mol. The monoisotopic (exact) mass is 266 g/mol. The zero-order valence-electron chi connectivity index (χ0n) is 11.1. The van der Waals surface area contributed by atoms with Gasteiger partial charge in [-0.1, -0.05) is 0 Å². The first kappa shape index (κ1) is 14.8. The van der Waals surface area contributed by atoms with Gasteiger partial charge in [-0.25, -0.2) is 10.8 Å². The molecule has 1 rings (SSSR count). The summed E-state index contributed by atoms with van der Waals surface area (Å²) in [5.41, 5.74) is 2.37. The minimum absolute atomic E-state index is 0.0106. The number of hydrogen-bond acceptors (Lipinski definition) is 6. The van der Waals surface area contributed by atoms with Gasteiger partial charge >= 0.3 is 0 Å². The molecule has 1 aromatic heterocycles. The highest BCUT2D eigenvalue weighted by molar-refractivity contribution is 5.96. The maximum absolute atomic E-state index is 11.9. The number of aromatic nitrogens is 2. The Morgan fingerprint density at radius 2 is 1.89 bits per heavy atom. The standard InChI is InChI=1S/C11H18N6O2/c1-6(2)14-10(18)7(3)15-11(19)8-4-13-5-9(16-8)17-12/h4-7H,12H2,1-3H3,(H,14,18)(H,15,19)(H,16,17). The van der Waals surface area contributed by atoms with Crippen molar-refractivity contribution in [2.75, 3.05) is 5.43 Å². The Morgan fingerprint density at radius 1 is 1.21 bits per heavy atom. The Bertz CT molecular complexity index is 462. The second kappa shape index (κ2) is 6.64. The lowest BCUT2D eigenvalue weighted by atomic mass is 10.2. The molecule has 1 heterocycles. The van der Waals surface area contributed by atoms with Crippen LogP contribution in [0.25, 0.3) is 0 Å². The fourth-order valence-corrected chi connectivity index (χ4v) is 1.29. The maximum atomic E-state index is 11.9. The highest BCUT2D eigenvalue weighted by Gasteiger charge is 2.18. The van der Waals surface area contributed by atoms with Crippen LogP contribution < -0.4 is 21.9 Å². The summed E-state index contributed by atoms with van der Waals surface area (Å²) in [7, 11) is 0. The number of nitrogens with one attached hydrogen (secondary N) is 3. The Kier molecular flexibility index (Phi) is 5.19. The van der Waals surface area contributed by atoms with Crippen LogP contribution in [0.15, 0.2) is 12.4 Å². The number of carbonyl (C=O) groups is 2. The average Bonchev–Trinajstić information content (AvgIpc) is 2.37. The topological polar surface area (TPSA) is 122 Å². The predicted octanol–water partition coefficient (Wildman–Crippen LogP) is -0.595. The number of carbonyl (C=O) groups excluding carboxylic acids is 2. The van der Waals surface area contributed by atoms with Crippen molar-refractivity contribution in [2.24, 2.45) is 5.84 Å². The van der Waals surface area contributed by atoms with Gasteiger partial charge in [-0.2, -0.15) is 0 Å². The van der Waals surface area contributed by atoms with Gasteiger partial charge in [0.25, 0.3) is 5.91 Å². The number of rotatable bonds is 5. The number of nitrogens with two attached hydrogens (primary N) is 1. The normalized spacial score (nSPS) is 11.8. The molecule has 0 saturated carbocycles. The lowest BCUT2D eigenvalue weighted by molar-refractivity contribution is -0.123. The fourth-order valence-electron chi connectivity index (χ4n) is 1.29. The van der Waals surface area contributed by atoms with Crippen molar-refractivity contribution >= 4 is 17.6 Å². The van der Waals surface area contributed by atoms with Crippen molar-refractivity contribution in [3.63, 3.8) is 0 Å².